The van der Waals surface area contributed by atoms with E-state index in [-0.39, 0.29) is 16.3 Å². The number of carbonyl (C=O) groups excluding carboxylic acids is 1. The summed E-state index contributed by atoms with van der Waals surface area (Å²) in [5.41, 5.74) is -0.132. The summed E-state index contributed by atoms with van der Waals surface area (Å²) in [4.78, 5) is 10.7. The summed E-state index contributed by atoms with van der Waals surface area (Å²) in [5.74, 6) is -2.79. The summed E-state index contributed by atoms with van der Waals surface area (Å²) >= 11 is 5.82. The van der Waals surface area contributed by atoms with Crippen LogP contribution in [0.15, 0.2) is 41.3 Å². The lowest BCUT2D eigenvalue weighted by Gasteiger charge is -2.10. The molecule has 2 aromatic carbocycles. The Morgan fingerprint density at radius 2 is 1.87 bits per heavy atom. The van der Waals surface area contributed by atoms with Crippen LogP contribution in [-0.2, 0) is 14.8 Å². The smallest absolute Gasteiger partial charge is 0.339 e. The van der Waals surface area contributed by atoms with Crippen molar-refractivity contribution in [1.29, 1.82) is 0 Å². The molecule has 0 radical (unpaired) electrons. The minimum absolute atomic E-state index is 0.0525. The number of carbonyl (C=O) groups is 1. The number of benzene rings is 2. The van der Waals surface area contributed by atoms with E-state index in [2.05, 4.69) is 4.74 Å². The van der Waals surface area contributed by atoms with Crippen molar-refractivity contribution in [2.75, 3.05) is 11.8 Å². The van der Waals surface area contributed by atoms with Gasteiger partial charge in [-0.1, -0.05) is 11.6 Å². The number of esters is 1. The molecule has 0 aliphatic rings. The Bertz CT molecular complexity index is 871. The summed E-state index contributed by atoms with van der Waals surface area (Å²) in [7, 11) is -3.25. The SMILES string of the molecule is COC(=O)c1cc(NS(=O)(=O)c2cc(F)ccc2F)ccc1Cl. The first-order valence-electron chi connectivity index (χ1n) is 6.10. The van der Waals surface area contributed by atoms with Crippen molar-refractivity contribution < 1.29 is 26.7 Å². The van der Waals surface area contributed by atoms with Gasteiger partial charge in [0.25, 0.3) is 10.0 Å². The van der Waals surface area contributed by atoms with E-state index in [1.165, 1.54) is 12.1 Å². The third-order valence-corrected chi connectivity index (χ3v) is 4.53. The van der Waals surface area contributed by atoms with Crippen LogP contribution in [0.4, 0.5) is 14.5 Å². The van der Waals surface area contributed by atoms with Gasteiger partial charge in [0.05, 0.1) is 17.7 Å². The van der Waals surface area contributed by atoms with Gasteiger partial charge in [-0.3, -0.25) is 4.72 Å². The van der Waals surface area contributed by atoms with Gasteiger partial charge in [0.2, 0.25) is 0 Å². The van der Waals surface area contributed by atoms with E-state index in [1.54, 1.807) is 0 Å². The third kappa shape index (κ3) is 3.77. The first-order valence-corrected chi connectivity index (χ1v) is 7.96. The minimum Gasteiger partial charge on any atom is -0.465 e. The zero-order chi connectivity index (χ0) is 17.2. The predicted molar refractivity (Wildman–Crippen MR) is 80.0 cm³/mol. The van der Waals surface area contributed by atoms with E-state index in [1.807, 2.05) is 4.72 Å². The number of halogens is 3. The van der Waals surface area contributed by atoms with Crippen LogP contribution in [0.5, 0.6) is 0 Å². The van der Waals surface area contributed by atoms with Crippen molar-refractivity contribution in [3.05, 3.63) is 58.6 Å². The Morgan fingerprint density at radius 1 is 1.17 bits per heavy atom. The summed E-state index contributed by atoms with van der Waals surface area (Å²) in [5, 5.41) is 0.0525. The standard InChI is InChI=1S/C14H10ClF2NO4S/c1-22-14(19)10-7-9(3-4-11(10)15)18-23(20,21)13-6-8(16)2-5-12(13)17/h2-7,18H,1H3. The molecule has 1 N–H and O–H groups in total. The summed E-state index contributed by atoms with van der Waals surface area (Å²) < 4.78 is 57.6. The van der Waals surface area contributed by atoms with Gasteiger partial charge in [-0.25, -0.2) is 22.0 Å². The number of nitrogens with one attached hydrogen (secondary N) is 1. The molecule has 0 spiro atoms. The largest absolute Gasteiger partial charge is 0.465 e. The first-order chi connectivity index (χ1) is 10.7. The third-order valence-electron chi connectivity index (χ3n) is 2.81. The quantitative estimate of drug-likeness (QED) is 0.849. The highest BCUT2D eigenvalue weighted by Gasteiger charge is 2.21. The maximum absolute atomic E-state index is 13.6. The number of anilines is 1. The summed E-state index contributed by atoms with van der Waals surface area (Å²) in [6.07, 6.45) is 0. The van der Waals surface area contributed by atoms with Crippen LogP contribution >= 0.6 is 11.6 Å². The molecule has 2 aromatic rings. The molecule has 0 bridgehead atoms. The fraction of sp³-hybridized carbons (Fsp3) is 0.0714. The fourth-order valence-corrected chi connectivity index (χ4v) is 3.08. The van der Waals surface area contributed by atoms with E-state index in [9.17, 15) is 22.0 Å². The molecule has 0 saturated heterocycles. The van der Waals surface area contributed by atoms with Crippen LogP contribution < -0.4 is 4.72 Å². The molecule has 0 saturated carbocycles. The van der Waals surface area contributed by atoms with Crippen LogP contribution in [0.25, 0.3) is 0 Å². The lowest BCUT2D eigenvalue weighted by atomic mass is 10.2. The van der Waals surface area contributed by atoms with Crippen molar-refractivity contribution in [2.24, 2.45) is 0 Å². The predicted octanol–water partition coefficient (Wildman–Crippen LogP) is 3.21. The number of hydrogen-bond donors (Lipinski definition) is 1. The zero-order valence-corrected chi connectivity index (χ0v) is 13.2. The maximum atomic E-state index is 13.6. The van der Waals surface area contributed by atoms with Crippen LogP contribution in [0.2, 0.25) is 5.02 Å². The van der Waals surface area contributed by atoms with Crippen LogP contribution in [0.3, 0.4) is 0 Å². The van der Waals surface area contributed by atoms with Gasteiger partial charge < -0.3 is 4.74 Å². The van der Waals surface area contributed by atoms with Gasteiger partial charge in [-0.15, -0.1) is 0 Å². The van der Waals surface area contributed by atoms with Crippen LogP contribution in [-0.4, -0.2) is 21.5 Å². The molecule has 0 aliphatic carbocycles. The molecule has 0 atom stereocenters. The molecule has 23 heavy (non-hydrogen) atoms. The zero-order valence-electron chi connectivity index (χ0n) is 11.6. The molecular weight excluding hydrogens is 352 g/mol. The average molecular weight is 362 g/mol. The molecule has 9 heteroatoms. The molecule has 2 rings (SSSR count). The van der Waals surface area contributed by atoms with Gasteiger partial charge in [0.15, 0.2) is 0 Å². The topological polar surface area (TPSA) is 72.5 Å². The second-order valence-corrected chi connectivity index (χ2v) is 6.42. The van der Waals surface area contributed by atoms with Crippen molar-refractivity contribution in [3.63, 3.8) is 0 Å². The summed E-state index contributed by atoms with van der Waals surface area (Å²) in [6.45, 7) is 0. The van der Waals surface area contributed by atoms with Gasteiger partial charge in [-0.2, -0.15) is 0 Å². The van der Waals surface area contributed by atoms with Gasteiger partial charge in [0.1, 0.15) is 16.5 Å². The monoisotopic (exact) mass is 361 g/mol. The molecule has 0 amide bonds. The fourth-order valence-electron chi connectivity index (χ4n) is 1.75. The minimum atomic E-state index is -4.39. The average Bonchev–Trinajstić information content (AvgIpc) is 2.50. The molecule has 0 aliphatic heterocycles. The lowest BCUT2D eigenvalue weighted by molar-refractivity contribution is 0.0601. The number of ether oxygens (including phenoxy) is 1. The molecule has 122 valence electrons. The van der Waals surface area contributed by atoms with Crippen molar-refractivity contribution in [2.45, 2.75) is 4.90 Å². The number of rotatable bonds is 4. The maximum Gasteiger partial charge on any atom is 0.339 e. The van der Waals surface area contributed by atoms with E-state index in [4.69, 9.17) is 11.6 Å². The number of methoxy groups -OCH3 is 1. The second kappa shape index (κ2) is 6.51. The van der Waals surface area contributed by atoms with Gasteiger partial charge in [-0.05, 0) is 36.4 Å². The highest BCUT2D eigenvalue weighted by atomic mass is 35.5. The van der Waals surface area contributed by atoms with E-state index in [0.29, 0.717) is 12.1 Å². The molecule has 0 fully saturated rings. The molecule has 5 nitrogen and oxygen atoms in total. The Hall–Kier alpha value is -2.19. The van der Waals surface area contributed by atoms with Crippen LogP contribution in [0, 0.1) is 11.6 Å². The number of sulfonamides is 1. The normalized spacial score (nSPS) is 11.1. The Balaban J connectivity index is 2.42. The highest BCUT2D eigenvalue weighted by Crippen LogP contribution is 2.24. The Morgan fingerprint density at radius 3 is 2.52 bits per heavy atom. The van der Waals surface area contributed by atoms with E-state index >= 15 is 0 Å². The summed E-state index contributed by atoms with van der Waals surface area (Å²) in [6, 6.07) is 5.71. The molecule has 0 aromatic heterocycles. The highest BCUT2D eigenvalue weighted by molar-refractivity contribution is 7.92. The Kier molecular flexibility index (Phi) is 4.86. The van der Waals surface area contributed by atoms with E-state index < -0.39 is 32.5 Å². The first kappa shape index (κ1) is 17.2. The number of hydrogen-bond acceptors (Lipinski definition) is 4. The van der Waals surface area contributed by atoms with Gasteiger partial charge >= 0.3 is 5.97 Å². The van der Waals surface area contributed by atoms with Crippen molar-refractivity contribution >= 4 is 33.3 Å². The molecule has 0 heterocycles. The van der Waals surface area contributed by atoms with Crippen molar-refractivity contribution in [3.8, 4) is 0 Å². The van der Waals surface area contributed by atoms with Crippen LogP contribution in [0.1, 0.15) is 10.4 Å². The lowest BCUT2D eigenvalue weighted by Crippen LogP contribution is -2.15. The Labute approximate surface area is 135 Å². The van der Waals surface area contributed by atoms with Gasteiger partial charge in [0, 0.05) is 5.69 Å². The molecular formula is C14H10ClF2NO4S. The second-order valence-electron chi connectivity index (χ2n) is 4.37. The van der Waals surface area contributed by atoms with E-state index in [0.717, 1.165) is 19.2 Å². The van der Waals surface area contributed by atoms with Crippen molar-refractivity contribution in [1.82, 2.24) is 0 Å². The molecule has 0 unspecified atom stereocenters.